The standard InChI is InChI=1S/C26H35N3O6/c1-6-29-19(3)23(18(2)24(29)26(32)34-5)22(30)17-28(11-10-27-12-14-35-15-13-27)25(31)20-8-7-9-21(16-20)33-4/h7-9,16H,6,10-15,17H2,1-5H3. The van der Waals surface area contributed by atoms with Crippen LogP contribution in [0.4, 0.5) is 0 Å². The molecule has 2 heterocycles. The molecule has 9 heteroatoms. The number of ketones is 1. The summed E-state index contributed by atoms with van der Waals surface area (Å²) in [7, 11) is 2.87. The van der Waals surface area contributed by atoms with Gasteiger partial charge in [-0.3, -0.25) is 14.5 Å². The van der Waals surface area contributed by atoms with Gasteiger partial charge >= 0.3 is 5.97 Å². The Labute approximate surface area is 206 Å². The van der Waals surface area contributed by atoms with Gasteiger partial charge in [0.05, 0.1) is 34.0 Å². The Morgan fingerprint density at radius 3 is 2.46 bits per heavy atom. The summed E-state index contributed by atoms with van der Waals surface area (Å²) in [5.74, 6) is -0.368. The summed E-state index contributed by atoms with van der Waals surface area (Å²) in [6.07, 6.45) is 0. The maximum atomic E-state index is 13.6. The number of nitrogens with zero attached hydrogens (tertiary/aromatic N) is 3. The number of benzene rings is 1. The summed E-state index contributed by atoms with van der Waals surface area (Å²) < 4.78 is 17.4. The van der Waals surface area contributed by atoms with Crippen molar-refractivity contribution in [3.63, 3.8) is 0 Å². The van der Waals surface area contributed by atoms with E-state index in [4.69, 9.17) is 14.2 Å². The molecular formula is C26H35N3O6. The van der Waals surface area contributed by atoms with Crippen LogP contribution in [0.3, 0.4) is 0 Å². The number of morpholine rings is 1. The number of carbonyl (C=O) groups is 3. The summed E-state index contributed by atoms with van der Waals surface area (Å²) in [5.41, 5.74) is 2.55. The van der Waals surface area contributed by atoms with Crippen molar-refractivity contribution in [2.24, 2.45) is 0 Å². The molecule has 1 aromatic heterocycles. The number of amides is 1. The Bertz CT molecular complexity index is 1070. The minimum absolute atomic E-state index is 0.101. The van der Waals surface area contributed by atoms with E-state index in [2.05, 4.69) is 4.90 Å². The molecule has 1 aliphatic heterocycles. The molecule has 1 fully saturated rings. The summed E-state index contributed by atoms with van der Waals surface area (Å²) in [6.45, 7) is 9.80. The van der Waals surface area contributed by atoms with Gasteiger partial charge < -0.3 is 23.7 Å². The predicted molar refractivity (Wildman–Crippen MR) is 131 cm³/mol. The van der Waals surface area contributed by atoms with Crippen molar-refractivity contribution in [1.82, 2.24) is 14.4 Å². The second-order valence-electron chi connectivity index (χ2n) is 8.51. The summed E-state index contributed by atoms with van der Waals surface area (Å²) in [5, 5.41) is 0. The molecule has 0 saturated carbocycles. The molecule has 0 bridgehead atoms. The zero-order chi connectivity index (χ0) is 25.5. The molecule has 0 unspecified atom stereocenters. The largest absolute Gasteiger partial charge is 0.497 e. The molecule has 35 heavy (non-hydrogen) atoms. The van der Waals surface area contributed by atoms with Crippen molar-refractivity contribution < 1.29 is 28.6 Å². The first-order chi connectivity index (χ1) is 16.8. The van der Waals surface area contributed by atoms with Crippen LogP contribution in [0.5, 0.6) is 5.75 Å². The summed E-state index contributed by atoms with van der Waals surface area (Å²) >= 11 is 0. The number of rotatable bonds is 10. The van der Waals surface area contributed by atoms with Crippen molar-refractivity contribution in [3.8, 4) is 5.75 Å². The SMILES string of the molecule is CCn1c(C)c(C(=O)CN(CCN2CCOCC2)C(=O)c2cccc(OC)c2)c(C)c1C(=O)OC. The lowest BCUT2D eigenvalue weighted by molar-refractivity contribution is 0.0323. The van der Waals surface area contributed by atoms with Crippen molar-refractivity contribution in [1.29, 1.82) is 0 Å². The van der Waals surface area contributed by atoms with Crippen molar-refractivity contribution >= 4 is 17.7 Å². The minimum atomic E-state index is -0.483. The van der Waals surface area contributed by atoms with Gasteiger partial charge in [-0.2, -0.15) is 0 Å². The molecule has 0 radical (unpaired) electrons. The van der Waals surface area contributed by atoms with Gasteiger partial charge in [-0.05, 0) is 44.5 Å². The molecule has 0 aliphatic carbocycles. The van der Waals surface area contributed by atoms with E-state index < -0.39 is 5.97 Å². The van der Waals surface area contributed by atoms with Gasteiger partial charge in [-0.1, -0.05) is 6.07 Å². The monoisotopic (exact) mass is 485 g/mol. The van der Waals surface area contributed by atoms with E-state index in [1.165, 1.54) is 7.11 Å². The lowest BCUT2D eigenvalue weighted by Crippen LogP contribution is -2.44. The van der Waals surface area contributed by atoms with Gasteiger partial charge in [-0.25, -0.2) is 4.79 Å². The Morgan fingerprint density at radius 1 is 1.11 bits per heavy atom. The number of hydrogen-bond acceptors (Lipinski definition) is 7. The third-order valence-corrected chi connectivity index (χ3v) is 6.47. The minimum Gasteiger partial charge on any atom is -0.497 e. The van der Waals surface area contributed by atoms with Crippen LogP contribution in [-0.4, -0.2) is 92.2 Å². The van der Waals surface area contributed by atoms with E-state index >= 15 is 0 Å². The molecule has 3 rings (SSSR count). The Balaban J connectivity index is 1.90. The van der Waals surface area contributed by atoms with Crippen molar-refractivity contribution in [3.05, 3.63) is 52.3 Å². The number of aromatic nitrogens is 1. The number of hydrogen-bond donors (Lipinski definition) is 0. The average molecular weight is 486 g/mol. The lowest BCUT2D eigenvalue weighted by Gasteiger charge is -2.30. The highest BCUT2D eigenvalue weighted by Gasteiger charge is 2.29. The fourth-order valence-corrected chi connectivity index (χ4v) is 4.59. The lowest BCUT2D eigenvalue weighted by atomic mass is 10.0. The van der Waals surface area contributed by atoms with Crippen LogP contribution < -0.4 is 4.74 Å². The fourth-order valence-electron chi connectivity index (χ4n) is 4.59. The van der Waals surface area contributed by atoms with Crippen LogP contribution in [0.25, 0.3) is 0 Å². The highest BCUT2D eigenvalue weighted by atomic mass is 16.5. The molecule has 190 valence electrons. The molecule has 9 nitrogen and oxygen atoms in total. The summed E-state index contributed by atoms with van der Waals surface area (Å²) in [6, 6.07) is 6.92. The molecule has 0 atom stereocenters. The third kappa shape index (κ3) is 5.91. The van der Waals surface area contributed by atoms with Crippen molar-refractivity contribution in [2.45, 2.75) is 27.3 Å². The van der Waals surface area contributed by atoms with Crippen LogP contribution in [0.15, 0.2) is 24.3 Å². The second-order valence-corrected chi connectivity index (χ2v) is 8.51. The van der Waals surface area contributed by atoms with E-state index in [1.807, 2.05) is 13.8 Å². The van der Waals surface area contributed by atoms with Gasteiger partial charge in [0.15, 0.2) is 5.78 Å². The van der Waals surface area contributed by atoms with Gasteiger partial charge in [-0.15, -0.1) is 0 Å². The van der Waals surface area contributed by atoms with Crippen LogP contribution in [0.1, 0.15) is 49.4 Å². The number of Topliss-reactive ketones (excluding diaryl/α,β-unsaturated/α-hetero) is 1. The third-order valence-electron chi connectivity index (χ3n) is 6.47. The molecule has 2 aromatic rings. The zero-order valence-electron chi connectivity index (χ0n) is 21.3. The first-order valence-corrected chi connectivity index (χ1v) is 11.9. The number of methoxy groups -OCH3 is 2. The maximum absolute atomic E-state index is 13.6. The van der Waals surface area contributed by atoms with Crippen LogP contribution >= 0.6 is 0 Å². The molecule has 0 spiro atoms. The van der Waals surface area contributed by atoms with Crippen LogP contribution in [0, 0.1) is 13.8 Å². The van der Waals surface area contributed by atoms with Gasteiger partial charge in [0.1, 0.15) is 11.4 Å². The zero-order valence-corrected chi connectivity index (χ0v) is 21.3. The van der Waals surface area contributed by atoms with Crippen LogP contribution in [-0.2, 0) is 16.0 Å². The highest BCUT2D eigenvalue weighted by molar-refractivity contribution is 6.06. The molecule has 1 amide bonds. The normalized spacial score (nSPS) is 14.0. The number of carbonyl (C=O) groups excluding carboxylic acids is 3. The van der Waals surface area contributed by atoms with Crippen molar-refractivity contribution in [2.75, 3.05) is 60.2 Å². The van der Waals surface area contributed by atoms with Gasteiger partial charge in [0, 0.05) is 49.5 Å². The Kier molecular flexibility index (Phi) is 9.06. The Morgan fingerprint density at radius 2 is 1.83 bits per heavy atom. The van der Waals surface area contributed by atoms with E-state index in [-0.39, 0.29) is 18.2 Å². The molecule has 0 N–H and O–H groups in total. The van der Waals surface area contributed by atoms with E-state index in [1.54, 1.807) is 47.8 Å². The predicted octanol–water partition coefficient (Wildman–Crippen LogP) is 2.58. The molecule has 1 aliphatic rings. The fraction of sp³-hybridized carbons (Fsp3) is 0.500. The topological polar surface area (TPSA) is 90.3 Å². The number of ether oxygens (including phenoxy) is 3. The van der Waals surface area contributed by atoms with E-state index in [0.29, 0.717) is 66.7 Å². The smallest absolute Gasteiger partial charge is 0.354 e. The highest BCUT2D eigenvalue weighted by Crippen LogP contribution is 2.24. The average Bonchev–Trinajstić information content (AvgIpc) is 3.15. The number of esters is 1. The molecule has 1 aromatic carbocycles. The van der Waals surface area contributed by atoms with E-state index in [0.717, 1.165) is 13.1 Å². The first kappa shape index (κ1) is 26.4. The summed E-state index contributed by atoms with van der Waals surface area (Å²) in [4.78, 5) is 43.3. The molecular weight excluding hydrogens is 450 g/mol. The van der Waals surface area contributed by atoms with Crippen LogP contribution in [0.2, 0.25) is 0 Å². The maximum Gasteiger partial charge on any atom is 0.354 e. The second kappa shape index (κ2) is 12.0. The van der Waals surface area contributed by atoms with Gasteiger partial charge in [0.2, 0.25) is 0 Å². The van der Waals surface area contributed by atoms with E-state index in [9.17, 15) is 14.4 Å². The first-order valence-electron chi connectivity index (χ1n) is 11.9. The molecule has 1 saturated heterocycles. The Hall–Kier alpha value is -3.17. The van der Waals surface area contributed by atoms with Gasteiger partial charge in [0.25, 0.3) is 5.91 Å². The quantitative estimate of drug-likeness (QED) is 0.377.